The first-order chi connectivity index (χ1) is 11.1. The number of hydrogen-bond acceptors (Lipinski definition) is 0. The van der Waals surface area contributed by atoms with Crippen LogP contribution in [0.3, 0.4) is 0 Å². The molecule has 0 aliphatic carbocycles. The number of benzene rings is 2. The Morgan fingerprint density at radius 3 is 1.80 bits per heavy atom. The van der Waals surface area contributed by atoms with Gasteiger partial charge in [-0.05, 0) is 54.7 Å². The molecule has 0 unspecified atom stereocenters. The molecule has 0 N–H and O–H groups in total. The molecule has 0 atom stereocenters. The van der Waals surface area contributed by atoms with E-state index in [0.717, 1.165) is 5.92 Å². The maximum atomic E-state index is 9.87. The van der Waals surface area contributed by atoms with E-state index >= 15 is 0 Å². The Kier molecular flexibility index (Phi) is 6.60. The van der Waals surface area contributed by atoms with Crippen molar-refractivity contribution in [3.63, 3.8) is 0 Å². The molecule has 2 aromatic rings. The molecule has 0 spiro atoms. The molecule has 0 amide bonds. The molecular weight excluding hydrogens is 476 g/mol. The van der Waals surface area contributed by atoms with Crippen molar-refractivity contribution in [2.75, 3.05) is 0 Å². The van der Waals surface area contributed by atoms with Crippen molar-refractivity contribution >= 4 is 7.81 Å². The summed E-state index contributed by atoms with van der Waals surface area (Å²) in [5, 5.41) is 0. The van der Waals surface area contributed by atoms with E-state index in [0.29, 0.717) is 0 Å². The molecule has 0 fully saturated rings. The van der Waals surface area contributed by atoms with Crippen molar-refractivity contribution in [1.82, 2.24) is 0 Å². The molecule has 0 radical (unpaired) electrons. The summed E-state index contributed by atoms with van der Waals surface area (Å²) in [6, 6.07) is 18.1. The van der Waals surface area contributed by atoms with Gasteiger partial charge in [-0.1, -0.05) is 38.1 Å². The summed E-state index contributed by atoms with van der Waals surface area (Å²) in [6.45, 7) is 6.71. The predicted octanol–water partition coefficient (Wildman–Crippen LogP) is 4.70. The third-order valence-corrected chi connectivity index (χ3v) is 5.39. The molecule has 0 saturated carbocycles. The Morgan fingerprint density at radius 2 is 1.36 bits per heavy atom. The summed E-state index contributed by atoms with van der Waals surface area (Å²) < 4.78 is 62.2. The molecule has 8 heteroatoms. The fraction of sp³-hybridized carbons (Fsp3) is 0.294. The van der Waals surface area contributed by atoms with Gasteiger partial charge in [-0.3, -0.25) is 0 Å². The Morgan fingerprint density at radius 1 is 0.840 bits per heavy atom. The van der Waals surface area contributed by atoms with Crippen LogP contribution in [0.4, 0.5) is 25.2 Å². The summed E-state index contributed by atoms with van der Waals surface area (Å²) in [6.07, 6.45) is 1.18. The standard InChI is InChI=1S/C17H20I.F6P/c1-13(2)11-15-7-9-16(10-8-15)18-17-6-4-5-14(3)12-17;1-7(2,3,4,5)6/h4-10,12-13H,11H2,1-3H3;/q+1;-1. The van der Waals surface area contributed by atoms with Gasteiger partial charge in [-0.15, -0.1) is 0 Å². The van der Waals surface area contributed by atoms with Gasteiger partial charge < -0.3 is 0 Å². The molecule has 25 heavy (non-hydrogen) atoms. The van der Waals surface area contributed by atoms with Crippen LogP contribution in [0.1, 0.15) is 25.0 Å². The van der Waals surface area contributed by atoms with Crippen molar-refractivity contribution in [2.45, 2.75) is 27.2 Å². The van der Waals surface area contributed by atoms with E-state index in [4.69, 9.17) is 0 Å². The van der Waals surface area contributed by atoms with Crippen molar-refractivity contribution in [2.24, 2.45) is 5.92 Å². The first kappa shape index (κ1) is 22.2. The second kappa shape index (κ2) is 7.43. The van der Waals surface area contributed by atoms with Gasteiger partial charge in [0, 0.05) is 0 Å². The molecule has 0 bridgehead atoms. The Balaban J connectivity index is 0.000000381. The fourth-order valence-electron chi connectivity index (χ4n) is 1.95. The molecule has 2 aromatic carbocycles. The van der Waals surface area contributed by atoms with E-state index < -0.39 is 7.81 Å². The monoisotopic (exact) mass is 496 g/mol. The third-order valence-electron chi connectivity index (χ3n) is 2.76. The van der Waals surface area contributed by atoms with Crippen LogP contribution in [0.2, 0.25) is 0 Å². The van der Waals surface area contributed by atoms with Crippen molar-refractivity contribution < 1.29 is 46.4 Å². The van der Waals surface area contributed by atoms with Gasteiger partial charge in [0.1, 0.15) is 0 Å². The summed E-state index contributed by atoms with van der Waals surface area (Å²) >= 11 is -0.0219. The molecule has 0 aromatic heterocycles. The summed E-state index contributed by atoms with van der Waals surface area (Å²) in [5.74, 6) is 0.738. The first-order valence-electron chi connectivity index (χ1n) is 7.45. The average Bonchev–Trinajstić information content (AvgIpc) is 2.37. The molecule has 142 valence electrons. The van der Waals surface area contributed by atoms with Crippen LogP contribution in [0.5, 0.6) is 0 Å². The zero-order valence-electron chi connectivity index (χ0n) is 14.0. The molecule has 0 heterocycles. The number of aryl methyl sites for hydroxylation is 1. The Hall–Kier alpha value is -0.820. The molecule has 0 saturated heterocycles. The number of halogens is 7. The van der Waals surface area contributed by atoms with Crippen LogP contribution >= 0.6 is 7.81 Å². The van der Waals surface area contributed by atoms with Gasteiger partial charge in [0.25, 0.3) is 0 Å². The SMILES string of the molecule is Cc1cccc([I+]c2ccc(CC(C)C)cc2)c1.F[P-](F)(F)(F)(F)F. The van der Waals surface area contributed by atoms with E-state index in [-0.39, 0.29) is 21.2 Å². The van der Waals surface area contributed by atoms with Gasteiger partial charge in [0.2, 0.25) is 0 Å². The van der Waals surface area contributed by atoms with Gasteiger partial charge in [-0.25, -0.2) is 0 Å². The molecule has 0 aliphatic heterocycles. The molecule has 2 rings (SSSR count). The topological polar surface area (TPSA) is 0 Å². The second-order valence-corrected chi connectivity index (χ2v) is 11.0. The number of rotatable bonds is 4. The predicted molar refractivity (Wildman–Crippen MR) is 87.1 cm³/mol. The summed E-state index contributed by atoms with van der Waals surface area (Å²) in [5.41, 5.74) is 2.82. The van der Waals surface area contributed by atoms with Crippen molar-refractivity contribution in [3.05, 3.63) is 66.8 Å². The van der Waals surface area contributed by atoms with E-state index in [9.17, 15) is 25.2 Å². The van der Waals surface area contributed by atoms with Crippen molar-refractivity contribution in [3.8, 4) is 0 Å². The average molecular weight is 496 g/mol. The second-order valence-electron chi connectivity index (χ2n) is 6.08. The molecule has 0 aliphatic rings. The minimum atomic E-state index is -10.7. The Bertz CT molecular complexity index is 682. The zero-order chi connectivity index (χ0) is 19.4. The first-order valence-corrected chi connectivity index (χ1v) is 11.6. The van der Waals surface area contributed by atoms with Gasteiger partial charge in [0.05, 0.1) is 0 Å². The van der Waals surface area contributed by atoms with Crippen LogP contribution in [0, 0.1) is 20.0 Å². The van der Waals surface area contributed by atoms with Gasteiger partial charge in [-0.2, -0.15) is 0 Å². The van der Waals surface area contributed by atoms with Crippen LogP contribution in [0.25, 0.3) is 0 Å². The third kappa shape index (κ3) is 14.1. The van der Waals surface area contributed by atoms with Gasteiger partial charge >= 0.3 is 54.2 Å². The molecule has 0 nitrogen and oxygen atoms in total. The van der Waals surface area contributed by atoms with E-state index in [1.54, 1.807) is 0 Å². The van der Waals surface area contributed by atoms with Crippen LogP contribution in [0.15, 0.2) is 48.5 Å². The van der Waals surface area contributed by atoms with E-state index in [1.807, 2.05) is 0 Å². The van der Waals surface area contributed by atoms with Gasteiger partial charge in [0.15, 0.2) is 7.14 Å². The van der Waals surface area contributed by atoms with Crippen molar-refractivity contribution in [1.29, 1.82) is 0 Å². The Labute approximate surface area is 154 Å². The summed E-state index contributed by atoms with van der Waals surface area (Å²) in [4.78, 5) is 0. The van der Waals surface area contributed by atoms with E-state index in [2.05, 4.69) is 69.3 Å². The quantitative estimate of drug-likeness (QED) is 0.327. The summed E-state index contributed by atoms with van der Waals surface area (Å²) in [7, 11) is -10.7. The normalized spacial score (nSPS) is 14.3. The minimum absolute atomic E-state index is 0.0219. The van der Waals surface area contributed by atoms with Crippen LogP contribution < -0.4 is 21.2 Å². The van der Waals surface area contributed by atoms with Crippen LogP contribution in [-0.4, -0.2) is 0 Å². The number of hydrogen-bond donors (Lipinski definition) is 0. The molecular formula is C17H20F6IP. The van der Waals surface area contributed by atoms with E-state index in [1.165, 1.54) is 24.7 Å². The maximum absolute atomic E-state index is 10.7. The van der Waals surface area contributed by atoms with Crippen LogP contribution in [-0.2, 0) is 6.42 Å². The fourth-order valence-corrected chi connectivity index (χ4v) is 4.42. The zero-order valence-corrected chi connectivity index (χ0v) is 17.0.